The topological polar surface area (TPSA) is 17.1 Å². The maximum absolute atomic E-state index is 12.0. The smallest absolute Gasteiger partial charge is 0.147 e. The first-order valence-corrected chi connectivity index (χ1v) is 8.43. The second-order valence-corrected chi connectivity index (χ2v) is 6.48. The second-order valence-electron chi connectivity index (χ2n) is 4.60. The minimum atomic E-state index is 0.259. The van der Waals surface area contributed by atoms with E-state index in [-0.39, 0.29) is 5.78 Å². The standard InChI is InChI=1S/C17H17BrOS/c1-2-13-7-9-14(10-8-13)11-15(19)12-20-17-6-4-3-5-16(17)18/h3-10H,2,11-12H2,1H3. The Bertz CT molecular complexity index is 578. The highest BCUT2D eigenvalue weighted by atomic mass is 79.9. The van der Waals surface area contributed by atoms with Gasteiger partial charge in [-0.25, -0.2) is 0 Å². The van der Waals surface area contributed by atoms with Gasteiger partial charge in [0.2, 0.25) is 0 Å². The molecule has 0 aliphatic carbocycles. The van der Waals surface area contributed by atoms with Crippen molar-refractivity contribution in [1.82, 2.24) is 0 Å². The molecule has 0 spiro atoms. The third-order valence-electron chi connectivity index (χ3n) is 3.06. The van der Waals surface area contributed by atoms with Crippen LogP contribution in [-0.4, -0.2) is 11.5 Å². The van der Waals surface area contributed by atoms with Crippen molar-refractivity contribution in [3.8, 4) is 0 Å². The average molecular weight is 349 g/mol. The van der Waals surface area contributed by atoms with Crippen LogP contribution < -0.4 is 0 Å². The lowest BCUT2D eigenvalue weighted by Crippen LogP contribution is -2.05. The predicted octanol–water partition coefficient (Wildman–Crippen LogP) is 4.92. The fraction of sp³-hybridized carbons (Fsp3) is 0.235. The van der Waals surface area contributed by atoms with Gasteiger partial charge in [0.25, 0.3) is 0 Å². The number of carbonyl (C=O) groups excluding carboxylic acids is 1. The monoisotopic (exact) mass is 348 g/mol. The third kappa shape index (κ3) is 4.50. The fourth-order valence-corrected chi connectivity index (χ4v) is 3.32. The summed E-state index contributed by atoms with van der Waals surface area (Å²) in [5.41, 5.74) is 2.41. The lowest BCUT2D eigenvalue weighted by Gasteiger charge is -2.04. The Morgan fingerprint density at radius 2 is 1.70 bits per heavy atom. The van der Waals surface area contributed by atoms with Crippen molar-refractivity contribution in [2.75, 3.05) is 5.75 Å². The molecular weight excluding hydrogens is 332 g/mol. The quantitative estimate of drug-likeness (QED) is 0.689. The Morgan fingerprint density at radius 1 is 1.05 bits per heavy atom. The van der Waals surface area contributed by atoms with E-state index in [1.807, 2.05) is 24.3 Å². The van der Waals surface area contributed by atoms with Gasteiger partial charge in [0.1, 0.15) is 5.78 Å². The number of aryl methyl sites for hydroxylation is 1. The molecule has 0 atom stereocenters. The number of Topliss-reactive ketones (excluding diaryl/α,β-unsaturated/α-hetero) is 1. The molecular formula is C17H17BrOS. The summed E-state index contributed by atoms with van der Waals surface area (Å²) in [5, 5.41) is 0. The Morgan fingerprint density at radius 3 is 2.35 bits per heavy atom. The van der Waals surface area contributed by atoms with Crippen molar-refractivity contribution in [3.63, 3.8) is 0 Å². The Hall–Kier alpha value is -1.06. The van der Waals surface area contributed by atoms with Crippen LogP contribution >= 0.6 is 27.7 Å². The van der Waals surface area contributed by atoms with E-state index in [0.717, 1.165) is 21.4 Å². The highest BCUT2D eigenvalue weighted by molar-refractivity contribution is 9.10. The molecule has 20 heavy (non-hydrogen) atoms. The number of hydrogen-bond acceptors (Lipinski definition) is 2. The Kier molecular flexibility index (Phi) is 5.86. The molecule has 0 saturated carbocycles. The van der Waals surface area contributed by atoms with E-state index in [9.17, 15) is 4.79 Å². The molecule has 0 amide bonds. The number of carbonyl (C=O) groups is 1. The van der Waals surface area contributed by atoms with Crippen LogP contribution in [0.4, 0.5) is 0 Å². The van der Waals surface area contributed by atoms with Crippen molar-refractivity contribution in [1.29, 1.82) is 0 Å². The third-order valence-corrected chi connectivity index (χ3v) is 5.15. The minimum Gasteiger partial charge on any atom is -0.298 e. The predicted molar refractivity (Wildman–Crippen MR) is 89.4 cm³/mol. The zero-order valence-corrected chi connectivity index (χ0v) is 13.8. The van der Waals surface area contributed by atoms with Gasteiger partial charge >= 0.3 is 0 Å². The van der Waals surface area contributed by atoms with Crippen LogP contribution in [0.5, 0.6) is 0 Å². The zero-order chi connectivity index (χ0) is 14.4. The van der Waals surface area contributed by atoms with Crippen LogP contribution in [0.3, 0.4) is 0 Å². The van der Waals surface area contributed by atoms with Crippen molar-refractivity contribution in [2.45, 2.75) is 24.7 Å². The van der Waals surface area contributed by atoms with Gasteiger partial charge in [-0.1, -0.05) is 43.3 Å². The first-order chi connectivity index (χ1) is 9.69. The van der Waals surface area contributed by atoms with Gasteiger partial charge in [0.15, 0.2) is 0 Å². The van der Waals surface area contributed by atoms with E-state index in [2.05, 4.69) is 47.1 Å². The SMILES string of the molecule is CCc1ccc(CC(=O)CSc2ccccc2Br)cc1. The molecule has 0 aliphatic heterocycles. The Labute approximate surface area is 132 Å². The number of benzene rings is 2. The summed E-state index contributed by atoms with van der Waals surface area (Å²) < 4.78 is 1.05. The van der Waals surface area contributed by atoms with Gasteiger partial charge in [-0.15, -0.1) is 11.8 Å². The molecule has 0 saturated heterocycles. The van der Waals surface area contributed by atoms with Gasteiger partial charge in [-0.2, -0.15) is 0 Å². The van der Waals surface area contributed by atoms with E-state index in [1.54, 1.807) is 11.8 Å². The van der Waals surface area contributed by atoms with Crippen LogP contribution in [-0.2, 0) is 17.6 Å². The molecule has 2 rings (SSSR count). The van der Waals surface area contributed by atoms with E-state index in [1.165, 1.54) is 5.56 Å². The zero-order valence-electron chi connectivity index (χ0n) is 11.4. The molecule has 0 unspecified atom stereocenters. The lowest BCUT2D eigenvalue weighted by atomic mass is 10.1. The van der Waals surface area contributed by atoms with E-state index >= 15 is 0 Å². The molecule has 0 bridgehead atoms. The lowest BCUT2D eigenvalue weighted by molar-refractivity contribution is -0.116. The highest BCUT2D eigenvalue weighted by Crippen LogP contribution is 2.27. The summed E-state index contributed by atoms with van der Waals surface area (Å²) in [5.74, 6) is 0.771. The summed E-state index contributed by atoms with van der Waals surface area (Å²) in [6.07, 6.45) is 1.55. The van der Waals surface area contributed by atoms with Gasteiger partial charge < -0.3 is 0 Å². The van der Waals surface area contributed by atoms with Crippen LogP contribution in [0.15, 0.2) is 57.9 Å². The summed E-state index contributed by atoms with van der Waals surface area (Å²) in [6.45, 7) is 2.13. The van der Waals surface area contributed by atoms with Crippen LogP contribution in [0.25, 0.3) is 0 Å². The van der Waals surface area contributed by atoms with Crippen molar-refractivity contribution in [2.24, 2.45) is 0 Å². The highest BCUT2D eigenvalue weighted by Gasteiger charge is 2.06. The molecule has 2 aromatic rings. The second kappa shape index (κ2) is 7.65. The van der Waals surface area contributed by atoms with Gasteiger partial charge in [-0.3, -0.25) is 4.79 Å². The Balaban J connectivity index is 1.87. The molecule has 0 aliphatic rings. The maximum atomic E-state index is 12.0. The number of ketones is 1. The molecule has 0 fully saturated rings. The number of hydrogen-bond donors (Lipinski definition) is 0. The van der Waals surface area contributed by atoms with Crippen LogP contribution in [0.2, 0.25) is 0 Å². The number of halogens is 1. The first kappa shape index (κ1) is 15.3. The summed E-state index contributed by atoms with van der Waals surface area (Å²) in [7, 11) is 0. The van der Waals surface area contributed by atoms with E-state index < -0.39 is 0 Å². The minimum absolute atomic E-state index is 0.259. The molecule has 0 aromatic heterocycles. The van der Waals surface area contributed by atoms with Crippen LogP contribution in [0.1, 0.15) is 18.1 Å². The maximum Gasteiger partial charge on any atom is 0.147 e. The van der Waals surface area contributed by atoms with Crippen molar-refractivity contribution in [3.05, 3.63) is 64.1 Å². The molecule has 3 heteroatoms. The van der Waals surface area contributed by atoms with Crippen molar-refractivity contribution < 1.29 is 4.79 Å². The van der Waals surface area contributed by atoms with Crippen molar-refractivity contribution >= 4 is 33.5 Å². The van der Waals surface area contributed by atoms with Gasteiger partial charge in [0.05, 0.1) is 5.75 Å². The first-order valence-electron chi connectivity index (χ1n) is 6.66. The molecule has 0 heterocycles. The van der Waals surface area contributed by atoms with Gasteiger partial charge in [-0.05, 0) is 45.6 Å². The average Bonchev–Trinajstić information content (AvgIpc) is 2.47. The van der Waals surface area contributed by atoms with E-state index in [0.29, 0.717) is 12.2 Å². The normalized spacial score (nSPS) is 10.5. The number of rotatable bonds is 6. The summed E-state index contributed by atoms with van der Waals surface area (Å²) in [4.78, 5) is 13.1. The molecule has 0 radical (unpaired) electrons. The van der Waals surface area contributed by atoms with E-state index in [4.69, 9.17) is 0 Å². The number of thioether (sulfide) groups is 1. The molecule has 104 valence electrons. The fourth-order valence-electron chi connectivity index (χ4n) is 1.89. The largest absolute Gasteiger partial charge is 0.298 e. The van der Waals surface area contributed by atoms with Crippen LogP contribution in [0, 0.1) is 0 Å². The summed E-state index contributed by atoms with van der Waals surface area (Å²) in [6, 6.07) is 16.3. The van der Waals surface area contributed by atoms with Gasteiger partial charge in [0, 0.05) is 15.8 Å². The molecule has 2 aromatic carbocycles. The summed E-state index contributed by atoms with van der Waals surface area (Å²) >= 11 is 5.08. The molecule has 0 N–H and O–H groups in total. The molecule has 1 nitrogen and oxygen atoms in total.